The van der Waals surface area contributed by atoms with Crippen LogP contribution in [0.4, 0.5) is 0 Å². The summed E-state index contributed by atoms with van der Waals surface area (Å²) in [4.78, 5) is 30.9. The Labute approximate surface area is 249 Å². The standard InChI is InChI=1S/C33H44N2O7/c1-6-41-25-9-10-26(23(4)20-25)31(36)29-30(24-8-11-27(28(21-24)39-5)42-17-12-22(2)3)35(33(38)32(29)37)14-7-13-34-15-18-40-19-16-34/h8-11,20-22,30,36H,6-7,12-19H2,1-5H3/b31-29+. The van der Waals surface area contributed by atoms with Gasteiger partial charge in [-0.15, -0.1) is 0 Å². The fourth-order valence-corrected chi connectivity index (χ4v) is 5.43. The van der Waals surface area contributed by atoms with E-state index in [-0.39, 0.29) is 11.3 Å². The molecule has 9 heteroatoms. The molecule has 1 unspecified atom stereocenters. The van der Waals surface area contributed by atoms with E-state index in [0.717, 1.165) is 31.6 Å². The molecule has 2 fully saturated rings. The Morgan fingerprint density at radius 2 is 1.81 bits per heavy atom. The molecule has 9 nitrogen and oxygen atoms in total. The van der Waals surface area contributed by atoms with Gasteiger partial charge in [0.2, 0.25) is 0 Å². The number of nitrogens with zero attached hydrogens (tertiary/aromatic N) is 2. The second kappa shape index (κ2) is 14.6. The maximum atomic E-state index is 13.6. The monoisotopic (exact) mass is 580 g/mol. The fraction of sp³-hybridized carbons (Fsp3) is 0.515. The SMILES string of the molecule is CCOc1ccc(/C(O)=C2\C(=O)C(=O)N(CCCN3CCOCC3)C2c2ccc(OCCC(C)C)c(OC)c2)c(C)c1. The van der Waals surface area contributed by atoms with Crippen molar-refractivity contribution in [2.24, 2.45) is 5.92 Å². The van der Waals surface area contributed by atoms with Gasteiger partial charge >= 0.3 is 0 Å². The van der Waals surface area contributed by atoms with Crippen molar-refractivity contribution in [1.29, 1.82) is 0 Å². The topological polar surface area (TPSA) is 97.8 Å². The average molecular weight is 581 g/mol. The predicted octanol–water partition coefficient (Wildman–Crippen LogP) is 4.97. The van der Waals surface area contributed by atoms with Gasteiger partial charge in [0.1, 0.15) is 11.5 Å². The molecule has 0 radical (unpaired) electrons. The highest BCUT2D eigenvalue weighted by atomic mass is 16.5. The first-order valence-electron chi connectivity index (χ1n) is 14.9. The maximum absolute atomic E-state index is 13.6. The van der Waals surface area contributed by atoms with Gasteiger partial charge in [-0.25, -0.2) is 0 Å². The van der Waals surface area contributed by atoms with Crippen molar-refractivity contribution in [1.82, 2.24) is 9.80 Å². The van der Waals surface area contributed by atoms with Crippen molar-refractivity contribution in [3.8, 4) is 17.2 Å². The van der Waals surface area contributed by atoms with E-state index in [9.17, 15) is 14.7 Å². The largest absolute Gasteiger partial charge is 0.507 e. The number of ketones is 1. The van der Waals surface area contributed by atoms with E-state index in [1.165, 1.54) is 0 Å². The summed E-state index contributed by atoms with van der Waals surface area (Å²) in [5, 5.41) is 11.6. The number of carbonyl (C=O) groups excluding carboxylic acids is 2. The molecule has 42 heavy (non-hydrogen) atoms. The highest BCUT2D eigenvalue weighted by molar-refractivity contribution is 6.46. The Balaban J connectivity index is 1.71. The van der Waals surface area contributed by atoms with Crippen LogP contribution in [0.25, 0.3) is 5.76 Å². The number of hydrogen-bond acceptors (Lipinski definition) is 8. The number of benzene rings is 2. The van der Waals surface area contributed by atoms with Crippen LogP contribution in [0.2, 0.25) is 0 Å². The van der Waals surface area contributed by atoms with Gasteiger partial charge < -0.3 is 29.0 Å². The quantitative estimate of drug-likeness (QED) is 0.202. The van der Waals surface area contributed by atoms with Crippen LogP contribution >= 0.6 is 0 Å². The first kappa shape index (κ1) is 31.4. The summed E-state index contributed by atoms with van der Waals surface area (Å²) in [6.45, 7) is 13.3. The van der Waals surface area contributed by atoms with E-state index < -0.39 is 17.7 Å². The number of ether oxygens (including phenoxy) is 4. The van der Waals surface area contributed by atoms with Gasteiger partial charge in [0, 0.05) is 31.7 Å². The molecule has 0 bridgehead atoms. The third-order valence-electron chi connectivity index (χ3n) is 7.74. The van der Waals surface area contributed by atoms with E-state index in [1.54, 1.807) is 30.2 Å². The van der Waals surface area contributed by atoms with Crippen LogP contribution in [-0.4, -0.2) is 86.3 Å². The highest BCUT2D eigenvalue weighted by Crippen LogP contribution is 2.42. The zero-order chi connectivity index (χ0) is 30.2. The minimum atomic E-state index is -0.778. The number of morpholine rings is 1. The van der Waals surface area contributed by atoms with Crippen LogP contribution in [0, 0.1) is 12.8 Å². The summed E-state index contributed by atoms with van der Waals surface area (Å²) in [6, 6.07) is 9.98. The smallest absolute Gasteiger partial charge is 0.295 e. The Hall–Kier alpha value is -3.56. The zero-order valence-electron chi connectivity index (χ0n) is 25.5. The molecule has 1 N–H and O–H groups in total. The Kier molecular flexibility index (Phi) is 10.9. The van der Waals surface area contributed by atoms with E-state index in [4.69, 9.17) is 18.9 Å². The predicted molar refractivity (Wildman–Crippen MR) is 161 cm³/mol. The molecule has 0 aromatic heterocycles. The molecule has 0 spiro atoms. The molecule has 0 saturated carbocycles. The number of amides is 1. The number of hydrogen-bond donors (Lipinski definition) is 1. The van der Waals surface area contributed by atoms with Gasteiger partial charge in [-0.3, -0.25) is 14.5 Å². The Morgan fingerprint density at radius 3 is 2.48 bits per heavy atom. The molecule has 0 aliphatic carbocycles. The van der Waals surface area contributed by atoms with Crippen LogP contribution in [0.3, 0.4) is 0 Å². The Morgan fingerprint density at radius 1 is 1.05 bits per heavy atom. The van der Waals surface area contributed by atoms with Crippen molar-refractivity contribution >= 4 is 17.4 Å². The number of rotatable bonds is 13. The average Bonchev–Trinajstić information content (AvgIpc) is 3.22. The molecular formula is C33H44N2O7. The normalized spacial score (nSPS) is 19.0. The second-order valence-corrected chi connectivity index (χ2v) is 11.2. The van der Waals surface area contributed by atoms with Crippen molar-refractivity contribution in [2.75, 3.05) is 59.7 Å². The number of aliphatic hydroxyl groups excluding tert-OH is 1. The lowest BCUT2D eigenvalue weighted by molar-refractivity contribution is -0.140. The minimum Gasteiger partial charge on any atom is -0.507 e. The lowest BCUT2D eigenvalue weighted by Crippen LogP contribution is -2.39. The molecular weight excluding hydrogens is 536 g/mol. The number of aliphatic hydroxyl groups is 1. The number of aryl methyl sites for hydroxylation is 1. The van der Waals surface area contributed by atoms with Gasteiger partial charge in [-0.1, -0.05) is 19.9 Å². The van der Waals surface area contributed by atoms with Crippen LogP contribution in [0.15, 0.2) is 42.0 Å². The number of methoxy groups -OCH3 is 1. The van der Waals surface area contributed by atoms with E-state index in [2.05, 4.69) is 18.7 Å². The van der Waals surface area contributed by atoms with E-state index in [1.807, 2.05) is 32.0 Å². The molecule has 2 aromatic carbocycles. The van der Waals surface area contributed by atoms with Gasteiger partial charge in [-0.2, -0.15) is 0 Å². The van der Waals surface area contributed by atoms with Gasteiger partial charge in [0.05, 0.1) is 45.2 Å². The summed E-state index contributed by atoms with van der Waals surface area (Å²) >= 11 is 0. The molecule has 1 atom stereocenters. The summed E-state index contributed by atoms with van der Waals surface area (Å²) < 4.78 is 22.7. The summed E-state index contributed by atoms with van der Waals surface area (Å²) in [6.07, 6.45) is 1.58. The zero-order valence-corrected chi connectivity index (χ0v) is 25.5. The van der Waals surface area contributed by atoms with Crippen LogP contribution in [0.1, 0.15) is 56.3 Å². The lowest BCUT2D eigenvalue weighted by atomic mass is 9.93. The van der Waals surface area contributed by atoms with Gasteiger partial charge in [-0.05, 0) is 74.1 Å². The van der Waals surface area contributed by atoms with Crippen LogP contribution in [-0.2, 0) is 14.3 Å². The molecule has 2 saturated heterocycles. The molecule has 1 amide bonds. The summed E-state index contributed by atoms with van der Waals surface area (Å²) in [7, 11) is 1.57. The fourth-order valence-electron chi connectivity index (χ4n) is 5.43. The maximum Gasteiger partial charge on any atom is 0.295 e. The van der Waals surface area contributed by atoms with Crippen molar-refractivity contribution in [3.63, 3.8) is 0 Å². The molecule has 2 aliphatic rings. The summed E-state index contributed by atoms with van der Waals surface area (Å²) in [5.41, 5.74) is 1.95. The number of Topliss-reactive ketones (excluding diaryl/α,β-unsaturated/α-hetero) is 1. The van der Waals surface area contributed by atoms with Gasteiger partial charge in [0.15, 0.2) is 11.5 Å². The van der Waals surface area contributed by atoms with Crippen molar-refractivity contribution in [3.05, 3.63) is 58.7 Å². The van der Waals surface area contributed by atoms with Crippen molar-refractivity contribution in [2.45, 2.75) is 46.6 Å². The van der Waals surface area contributed by atoms with Gasteiger partial charge in [0.25, 0.3) is 11.7 Å². The van der Waals surface area contributed by atoms with Crippen molar-refractivity contribution < 1.29 is 33.6 Å². The number of likely N-dealkylation sites (tertiary alicyclic amines) is 1. The summed E-state index contributed by atoms with van der Waals surface area (Å²) in [5.74, 6) is 0.742. The molecule has 228 valence electrons. The number of carbonyl (C=O) groups is 2. The lowest BCUT2D eigenvalue weighted by Gasteiger charge is -2.29. The van der Waals surface area contributed by atoms with E-state index >= 15 is 0 Å². The molecule has 2 heterocycles. The molecule has 2 aromatic rings. The second-order valence-electron chi connectivity index (χ2n) is 11.2. The first-order chi connectivity index (χ1) is 20.2. The third kappa shape index (κ3) is 7.25. The minimum absolute atomic E-state index is 0.0640. The van der Waals surface area contributed by atoms with Crippen LogP contribution < -0.4 is 14.2 Å². The molecule has 4 rings (SSSR count). The highest BCUT2D eigenvalue weighted by Gasteiger charge is 2.46. The first-order valence-corrected chi connectivity index (χ1v) is 14.9. The van der Waals surface area contributed by atoms with Crippen LogP contribution in [0.5, 0.6) is 17.2 Å². The Bertz CT molecular complexity index is 1280. The third-order valence-corrected chi connectivity index (χ3v) is 7.74. The molecule has 2 aliphatic heterocycles. The van der Waals surface area contributed by atoms with E-state index in [0.29, 0.717) is 73.7 Å².